The smallest absolute Gasteiger partial charge is 0.0798 e. The summed E-state index contributed by atoms with van der Waals surface area (Å²) in [6.07, 6.45) is 5.10. The molecule has 0 aliphatic heterocycles. The molecule has 0 fully saturated rings. The minimum atomic E-state index is 0.867. The van der Waals surface area contributed by atoms with Crippen molar-refractivity contribution in [2.75, 3.05) is 5.32 Å². The first kappa shape index (κ1) is 14.1. The van der Waals surface area contributed by atoms with Gasteiger partial charge in [0.25, 0.3) is 0 Å². The Morgan fingerprint density at radius 3 is 2.58 bits per heavy atom. The number of aromatic nitrogens is 1. The Balaban J connectivity index is 1.83. The highest BCUT2D eigenvalue weighted by atomic mass is 32.1. The zero-order valence-electron chi connectivity index (χ0n) is 11.8. The summed E-state index contributed by atoms with van der Waals surface area (Å²) in [4.78, 5) is 5.58. The minimum absolute atomic E-state index is 0.867. The minimum Gasteiger partial charge on any atom is -0.380 e. The Morgan fingerprint density at radius 1 is 1.16 bits per heavy atom. The van der Waals surface area contributed by atoms with Gasteiger partial charge in [0.05, 0.1) is 17.7 Å². The molecule has 0 radical (unpaired) electrons. The van der Waals surface area contributed by atoms with Crippen LogP contribution in [0.4, 0.5) is 5.69 Å². The van der Waals surface area contributed by atoms with Gasteiger partial charge in [-0.15, -0.1) is 11.3 Å². The molecule has 2 aromatic rings. The molecule has 0 aliphatic rings. The molecule has 2 nitrogen and oxygen atoms in total. The van der Waals surface area contributed by atoms with E-state index in [4.69, 9.17) is 0 Å². The lowest BCUT2D eigenvalue weighted by Gasteiger charge is -2.07. The van der Waals surface area contributed by atoms with Gasteiger partial charge in [0, 0.05) is 10.6 Å². The fourth-order valence-electron chi connectivity index (χ4n) is 2.05. The quantitative estimate of drug-likeness (QED) is 0.734. The van der Waals surface area contributed by atoms with E-state index in [0.29, 0.717) is 0 Å². The standard InChI is InChI=1S/C16H22N2S/c1-3-4-5-6-14-7-9-15(10-8-14)17-11-16-13(2)18-12-19-16/h7-10,12,17H,3-6,11H2,1-2H3. The van der Waals surface area contributed by atoms with Crippen molar-refractivity contribution >= 4 is 17.0 Å². The maximum atomic E-state index is 4.26. The Hall–Kier alpha value is -1.35. The highest BCUT2D eigenvalue weighted by Gasteiger charge is 2.01. The number of nitrogens with zero attached hydrogens (tertiary/aromatic N) is 1. The first-order valence-electron chi connectivity index (χ1n) is 7.01. The van der Waals surface area contributed by atoms with Crippen LogP contribution >= 0.6 is 11.3 Å². The maximum absolute atomic E-state index is 4.26. The van der Waals surface area contributed by atoms with Crippen LogP contribution in [-0.4, -0.2) is 4.98 Å². The van der Waals surface area contributed by atoms with E-state index in [1.165, 1.54) is 41.8 Å². The second-order valence-corrected chi connectivity index (χ2v) is 5.81. The van der Waals surface area contributed by atoms with Crippen molar-refractivity contribution in [2.45, 2.75) is 46.1 Å². The van der Waals surface area contributed by atoms with E-state index in [-0.39, 0.29) is 0 Å². The summed E-state index contributed by atoms with van der Waals surface area (Å²) in [5, 5.41) is 3.45. The number of nitrogens with one attached hydrogen (secondary N) is 1. The van der Waals surface area contributed by atoms with E-state index in [2.05, 4.69) is 48.4 Å². The predicted octanol–water partition coefficient (Wildman–Crippen LogP) is 4.80. The van der Waals surface area contributed by atoms with Crippen LogP contribution in [0.5, 0.6) is 0 Å². The van der Waals surface area contributed by atoms with Crippen LogP contribution in [0.15, 0.2) is 29.8 Å². The van der Waals surface area contributed by atoms with E-state index >= 15 is 0 Å². The van der Waals surface area contributed by atoms with Gasteiger partial charge in [-0.2, -0.15) is 0 Å². The SMILES string of the molecule is CCCCCc1ccc(NCc2scnc2C)cc1. The van der Waals surface area contributed by atoms with Gasteiger partial charge >= 0.3 is 0 Å². The first-order valence-corrected chi connectivity index (χ1v) is 7.89. The predicted molar refractivity (Wildman–Crippen MR) is 83.8 cm³/mol. The van der Waals surface area contributed by atoms with Crippen LogP contribution in [0, 0.1) is 6.92 Å². The summed E-state index contributed by atoms with van der Waals surface area (Å²) < 4.78 is 0. The van der Waals surface area contributed by atoms with Crippen molar-refractivity contribution < 1.29 is 0 Å². The summed E-state index contributed by atoms with van der Waals surface area (Å²) in [5.74, 6) is 0. The monoisotopic (exact) mass is 274 g/mol. The Morgan fingerprint density at radius 2 is 1.95 bits per heavy atom. The molecule has 3 heteroatoms. The molecular formula is C16H22N2S. The zero-order valence-corrected chi connectivity index (χ0v) is 12.6. The number of unbranched alkanes of at least 4 members (excludes halogenated alkanes) is 2. The van der Waals surface area contributed by atoms with E-state index < -0.39 is 0 Å². The molecule has 0 saturated carbocycles. The van der Waals surface area contributed by atoms with Gasteiger partial charge in [-0.1, -0.05) is 31.9 Å². The molecule has 0 bridgehead atoms. The molecule has 0 saturated heterocycles. The molecule has 0 aliphatic carbocycles. The first-order chi connectivity index (χ1) is 9.29. The molecule has 1 aromatic carbocycles. The molecule has 19 heavy (non-hydrogen) atoms. The van der Waals surface area contributed by atoms with Crippen molar-refractivity contribution in [3.05, 3.63) is 45.9 Å². The molecule has 1 aromatic heterocycles. The number of benzene rings is 1. The third-order valence-corrected chi connectivity index (χ3v) is 4.26. The largest absolute Gasteiger partial charge is 0.380 e. The van der Waals surface area contributed by atoms with E-state index in [9.17, 15) is 0 Å². The van der Waals surface area contributed by atoms with E-state index in [1.54, 1.807) is 11.3 Å². The summed E-state index contributed by atoms with van der Waals surface area (Å²) in [5.41, 5.74) is 5.66. The summed E-state index contributed by atoms with van der Waals surface area (Å²) in [7, 11) is 0. The van der Waals surface area contributed by atoms with Gasteiger partial charge in [0.1, 0.15) is 0 Å². The Kier molecular flexibility index (Phi) is 5.40. The highest BCUT2D eigenvalue weighted by Crippen LogP contribution is 2.16. The van der Waals surface area contributed by atoms with Gasteiger partial charge in [-0.25, -0.2) is 4.98 Å². The highest BCUT2D eigenvalue weighted by molar-refractivity contribution is 7.09. The number of thiazole rings is 1. The zero-order chi connectivity index (χ0) is 13.5. The van der Waals surface area contributed by atoms with Crippen LogP contribution in [0.2, 0.25) is 0 Å². The van der Waals surface area contributed by atoms with Gasteiger partial charge in [-0.3, -0.25) is 0 Å². The number of hydrogen-bond acceptors (Lipinski definition) is 3. The van der Waals surface area contributed by atoms with Gasteiger partial charge in [-0.05, 0) is 37.5 Å². The maximum Gasteiger partial charge on any atom is 0.0798 e. The molecule has 2 rings (SSSR count). The second kappa shape index (κ2) is 7.29. The van der Waals surface area contributed by atoms with Crippen LogP contribution in [0.1, 0.15) is 42.3 Å². The van der Waals surface area contributed by atoms with Gasteiger partial charge in [0.15, 0.2) is 0 Å². The number of hydrogen-bond donors (Lipinski definition) is 1. The third-order valence-electron chi connectivity index (χ3n) is 3.32. The number of rotatable bonds is 7. The van der Waals surface area contributed by atoms with Crippen molar-refractivity contribution in [3.63, 3.8) is 0 Å². The second-order valence-electron chi connectivity index (χ2n) is 4.87. The summed E-state index contributed by atoms with van der Waals surface area (Å²) in [6.45, 7) is 5.17. The molecule has 0 unspecified atom stereocenters. The van der Waals surface area contributed by atoms with Crippen molar-refractivity contribution in [3.8, 4) is 0 Å². The van der Waals surface area contributed by atoms with Crippen molar-refractivity contribution in [1.29, 1.82) is 0 Å². The molecule has 1 N–H and O–H groups in total. The molecular weight excluding hydrogens is 252 g/mol. The lowest BCUT2D eigenvalue weighted by molar-refractivity contribution is 0.717. The number of anilines is 1. The molecule has 1 heterocycles. The Labute approximate surface area is 119 Å². The van der Waals surface area contributed by atoms with Crippen LogP contribution < -0.4 is 5.32 Å². The van der Waals surface area contributed by atoms with Crippen LogP contribution in [0.25, 0.3) is 0 Å². The average molecular weight is 274 g/mol. The molecule has 0 amide bonds. The normalized spacial score (nSPS) is 10.6. The lowest BCUT2D eigenvalue weighted by Crippen LogP contribution is -1.99. The number of aryl methyl sites for hydroxylation is 2. The molecule has 0 spiro atoms. The summed E-state index contributed by atoms with van der Waals surface area (Å²) >= 11 is 1.71. The lowest BCUT2D eigenvalue weighted by atomic mass is 10.1. The van der Waals surface area contributed by atoms with Crippen LogP contribution in [-0.2, 0) is 13.0 Å². The fourth-order valence-corrected chi connectivity index (χ4v) is 2.76. The summed E-state index contributed by atoms with van der Waals surface area (Å²) in [6, 6.07) is 8.82. The average Bonchev–Trinajstić information content (AvgIpc) is 2.84. The topological polar surface area (TPSA) is 24.9 Å². The van der Waals surface area contributed by atoms with Crippen molar-refractivity contribution in [2.24, 2.45) is 0 Å². The third kappa shape index (κ3) is 4.35. The van der Waals surface area contributed by atoms with Gasteiger partial charge in [0.2, 0.25) is 0 Å². The molecule has 0 atom stereocenters. The van der Waals surface area contributed by atoms with E-state index in [0.717, 1.165) is 12.2 Å². The van der Waals surface area contributed by atoms with Gasteiger partial charge < -0.3 is 5.32 Å². The van der Waals surface area contributed by atoms with E-state index in [1.807, 2.05) is 5.51 Å². The fraction of sp³-hybridized carbons (Fsp3) is 0.438. The van der Waals surface area contributed by atoms with Crippen molar-refractivity contribution in [1.82, 2.24) is 4.98 Å². The molecule has 102 valence electrons. The Bertz CT molecular complexity index is 488. The van der Waals surface area contributed by atoms with Crippen LogP contribution in [0.3, 0.4) is 0 Å².